The molecule has 1 aromatic heterocycles. The van der Waals surface area contributed by atoms with Gasteiger partial charge < -0.3 is 5.32 Å². The maximum atomic E-state index is 6.38. The third kappa shape index (κ3) is 3.07. The van der Waals surface area contributed by atoms with Gasteiger partial charge in [0.2, 0.25) is 0 Å². The molecule has 0 aromatic carbocycles. The predicted octanol–water partition coefficient (Wildman–Crippen LogP) is 2.96. The number of nitrogens with zero attached hydrogens (tertiary/aromatic N) is 2. The van der Waals surface area contributed by atoms with E-state index < -0.39 is 0 Å². The zero-order valence-electron chi connectivity index (χ0n) is 11.7. The number of hydrogen-bond donors (Lipinski definition) is 1. The van der Waals surface area contributed by atoms with E-state index in [1.807, 2.05) is 11.7 Å². The molecule has 1 N–H and O–H groups in total. The highest BCUT2D eigenvalue weighted by Crippen LogP contribution is 2.35. The Morgan fingerprint density at radius 3 is 2.67 bits per heavy atom. The van der Waals surface area contributed by atoms with Crippen molar-refractivity contribution in [3.63, 3.8) is 0 Å². The molecule has 0 saturated heterocycles. The van der Waals surface area contributed by atoms with Crippen LogP contribution in [0, 0.1) is 5.92 Å². The van der Waals surface area contributed by atoms with E-state index in [-0.39, 0.29) is 0 Å². The van der Waals surface area contributed by atoms with Crippen LogP contribution in [0.4, 0.5) is 0 Å². The van der Waals surface area contributed by atoms with Crippen LogP contribution >= 0.6 is 11.6 Å². The molecular weight excluding hydrogens is 246 g/mol. The Morgan fingerprint density at radius 1 is 1.44 bits per heavy atom. The van der Waals surface area contributed by atoms with Crippen LogP contribution in [0.3, 0.4) is 0 Å². The molecule has 18 heavy (non-hydrogen) atoms. The molecule has 0 amide bonds. The molecule has 1 heterocycles. The van der Waals surface area contributed by atoms with E-state index >= 15 is 0 Å². The normalized spacial score (nSPS) is 17.1. The number of rotatable bonds is 7. The van der Waals surface area contributed by atoms with Gasteiger partial charge in [-0.05, 0) is 44.6 Å². The van der Waals surface area contributed by atoms with Crippen molar-refractivity contribution in [2.75, 3.05) is 6.54 Å². The Morgan fingerprint density at radius 2 is 2.17 bits per heavy atom. The smallest absolute Gasteiger partial charge is 0.0849 e. The minimum Gasteiger partial charge on any atom is -0.314 e. The quantitative estimate of drug-likeness (QED) is 0.825. The average molecular weight is 270 g/mol. The molecule has 1 atom stereocenters. The fourth-order valence-corrected chi connectivity index (χ4v) is 3.04. The van der Waals surface area contributed by atoms with Gasteiger partial charge in [0.15, 0.2) is 0 Å². The molecule has 1 aromatic rings. The molecular formula is C14H24ClN3. The summed E-state index contributed by atoms with van der Waals surface area (Å²) in [7, 11) is 2.00. The van der Waals surface area contributed by atoms with Gasteiger partial charge in [-0.3, -0.25) is 4.68 Å². The fraction of sp³-hybridized carbons (Fsp3) is 0.786. The lowest BCUT2D eigenvalue weighted by Crippen LogP contribution is -2.31. The van der Waals surface area contributed by atoms with Crippen LogP contribution in [0.25, 0.3) is 0 Å². The van der Waals surface area contributed by atoms with Gasteiger partial charge in [0.25, 0.3) is 0 Å². The minimum absolute atomic E-state index is 0.658. The van der Waals surface area contributed by atoms with Crippen molar-refractivity contribution in [3.05, 3.63) is 16.4 Å². The first kappa shape index (κ1) is 13.9. The zero-order valence-corrected chi connectivity index (χ0v) is 12.4. The molecule has 1 unspecified atom stereocenters. The average Bonchev–Trinajstić information content (AvgIpc) is 3.14. The van der Waals surface area contributed by atoms with Crippen LogP contribution in [-0.4, -0.2) is 22.4 Å². The summed E-state index contributed by atoms with van der Waals surface area (Å²) in [6, 6.07) is 0.658. The Kier molecular flexibility index (Phi) is 4.68. The largest absolute Gasteiger partial charge is 0.314 e. The van der Waals surface area contributed by atoms with Gasteiger partial charge in [0, 0.05) is 13.1 Å². The van der Waals surface area contributed by atoms with Gasteiger partial charge in [0.05, 0.1) is 16.4 Å². The third-order valence-corrected chi connectivity index (χ3v) is 4.29. The lowest BCUT2D eigenvalue weighted by Gasteiger charge is -2.17. The highest BCUT2D eigenvalue weighted by molar-refractivity contribution is 6.31. The maximum absolute atomic E-state index is 6.38. The molecule has 1 saturated carbocycles. The first-order chi connectivity index (χ1) is 8.67. The van der Waals surface area contributed by atoms with E-state index in [2.05, 4.69) is 24.3 Å². The van der Waals surface area contributed by atoms with Gasteiger partial charge in [-0.1, -0.05) is 25.4 Å². The summed E-state index contributed by atoms with van der Waals surface area (Å²) in [5.74, 6) is 0.891. The van der Waals surface area contributed by atoms with E-state index in [4.69, 9.17) is 11.6 Å². The summed E-state index contributed by atoms with van der Waals surface area (Å²) in [6.45, 7) is 5.34. The number of aromatic nitrogens is 2. The van der Waals surface area contributed by atoms with E-state index in [0.717, 1.165) is 36.0 Å². The molecule has 2 rings (SSSR count). The van der Waals surface area contributed by atoms with E-state index in [9.17, 15) is 0 Å². The van der Waals surface area contributed by atoms with E-state index in [0.29, 0.717) is 6.04 Å². The van der Waals surface area contributed by atoms with Crippen LogP contribution < -0.4 is 5.32 Å². The number of nitrogens with one attached hydrogen (secondary N) is 1. The second kappa shape index (κ2) is 6.07. The van der Waals surface area contributed by atoms with Crippen molar-refractivity contribution in [1.82, 2.24) is 15.1 Å². The van der Waals surface area contributed by atoms with E-state index in [1.54, 1.807) is 0 Å². The van der Waals surface area contributed by atoms with Gasteiger partial charge >= 0.3 is 0 Å². The van der Waals surface area contributed by atoms with Crippen molar-refractivity contribution in [2.24, 2.45) is 13.0 Å². The van der Waals surface area contributed by atoms with Crippen LogP contribution in [0.1, 0.15) is 44.5 Å². The fourth-order valence-electron chi connectivity index (χ4n) is 2.65. The molecule has 1 aliphatic rings. The monoisotopic (exact) mass is 269 g/mol. The van der Waals surface area contributed by atoms with Crippen molar-refractivity contribution in [2.45, 2.75) is 52.0 Å². The maximum Gasteiger partial charge on any atom is 0.0849 e. The summed E-state index contributed by atoms with van der Waals surface area (Å²) in [6.07, 6.45) is 5.87. The molecule has 3 nitrogen and oxygen atoms in total. The van der Waals surface area contributed by atoms with E-state index in [1.165, 1.54) is 25.0 Å². The van der Waals surface area contributed by atoms with Gasteiger partial charge in [-0.25, -0.2) is 0 Å². The summed E-state index contributed by atoms with van der Waals surface area (Å²) in [4.78, 5) is 0. The molecule has 0 spiro atoms. The van der Waals surface area contributed by atoms with Crippen LogP contribution in [0.15, 0.2) is 0 Å². The predicted molar refractivity (Wildman–Crippen MR) is 76.1 cm³/mol. The molecule has 102 valence electrons. The van der Waals surface area contributed by atoms with Crippen LogP contribution in [-0.2, 0) is 19.9 Å². The van der Waals surface area contributed by atoms with Gasteiger partial charge in [-0.15, -0.1) is 0 Å². The number of halogens is 1. The van der Waals surface area contributed by atoms with Crippen molar-refractivity contribution in [1.29, 1.82) is 0 Å². The summed E-state index contributed by atoms with van der Waals surface area (Å²) in [5.41, 5.74) is 2.22. The molecule has 1 fully saturated rings. The summed E-state index contributed by atoms with van der Waals surface area (Å²) < 4.78 is 1.96. The Labute approximate surface area is 115 Å². The molecule has 0 bridgehead atoms. The third-order valence-electron chi connectivity index (χ3n) is 3.85. The standard InChI is InChI=1S/C14H24ClN3/c1-4-11-14(15)13(18(3)17-11)9-8-12(16-5-2)10-6-7-10/h10,12,16H,4-9H2,1-3H3. The Hall–Kier alpha value is -0.540. The highest BCUT2D eigenvalue weighted by atomic mass is 35.5. The van der Waals surface area contributed by atoms with Crippen LogP contribution in [0.5, 0.6) is 0 Å². The first-order valence-corrected chi connectivity index (χ1v) is 7.48. The molecule has 0 radical (unpaired) electrons. The zero-order chi connectivity index (χ0) is 13.1. The Bertz CT molecular complexity index is 396. The minimum atomic E-state index is 0.658. The summed E-state index contributed by atoms with van der Waals surface area (Å²) in [5, 5.41) is 8.96. The van der Waals surface area contributed by atoms with Crippen molar-refractivity contribution < 1.29 is 0 Å². The number of hydrogen-bond acceptors (Lipinski definition) is 2. The summed E-state index contributed by atoms with van der Waals surface area (Å²) >= 11 is 6.38. The van der Waals surface area contributed by atoms with Gasteiger partial charge in [-0.2, -0.15) is 5.10 Å². The molecule has 0 aliphatic heterocycles. The van der Waals surface area contributed by atoms with Crippen molar-refractivity contribution in [3.8, 4) is 0 Å². The SMILES string of the molecule is CCNC(CCc1c(Cl)c(CC)nn1C)C1CC1. The second-order valence-corrected chi connectivity index (χ2v) is 5.60. The first-order valence-electron chi connectivity index (χ1n) is 7.11. The number of aryl methyl sites for hydroxylation is 2. The topological polar surface area (TPSA) is 29.9 Å². The molecule has 1 aliphatic carbocycles. The lowest BCUT2D eigenvalue weighted by molar-refractivity contribution is 0.441. The second-order valence-electron chi connectivity index (χ2n) is 5.22. The van der Waals surface area contributed by atoms with Crippen LogP contribution in [0.2, 0.25) is 5.02 Å². The molecule has 4 heteroatoms. The van der Waals surface area contributed by atoms with Gasteiger partial charge in [0.1, 0.15) is 0 Å². The lowest BCUT2D eigenvalue weighted by atomic mass is 10.0. The van der Waals surface area contributed by atoms with Crippen molar-refractivity contribution >= 4 is 11.6 Å². The highest BCUT2D eigenvalue weighted by Gasteiger charge is 2.30. The Balaban J connectivity index is 1.98.